The molecule has 0 fully saturated rings. The minimum atomic E-state index is 0.789. The number of nitrogens with two attached hydrogens (primary N) is 1. The molecule has 3 nitrogen and oxygen atoms in total. The summed E-state index contributed by atoms with van der Waals surface area (Å²) < 4.78 is 0. The van der Waals surface area contributed by atoms with Crippen molar-refractivity contribution >= 4 is 17.2 Å². The molecule has 2 aromatic rings. The van der Waals surface area contributed by atoms with Gasteiger partial charge in [0.15, 0.2) is 0 Å². The fraction of sp³-hybridized carbons (Fsp3) is 0.188. The molecule has 0 aliphatic carbocycles. The maximum absolute atomic E-state index is 5.74. The van der Waals surface area contributed by atoms with Crippen LogP contribution < -0.4 is 10.6 Å². The first-order valence-corrected chi connectivity index (χ1v) is 6.48. The number of rotatable bonds is 2. The van der Waals surface area contributed by atoms with Gasteiger partial charge in [-0.1, -0.05) is 29.8 Å². The summed E-state index contributed by atoms with van der Waals surface area (Å²) in [4.78, 5) is 6.87. The molecule has 0 bridgehead atoms. The van der Waals surface area contributed by atoms with Crippen molar-refractivity contribution in [2.45, 2.75) is 6.92 Å². The molecule has 3 rings (SSSR count). The van der Waals surface area contributed by atoms with Crippen LogP contribution in [0.1, 0.15) is 11.1 Å². The van der Waals surface area contributed by atoms with E-state index in [1.807, 2.05) is 24.3 Å². The van der Waals surface area contributed by atoms with Gasteiger partial charge in [-0.15, -0.1) is 0 Å². The van der Waals surface area contributed by atoms with Crippen LogP contribution in [0.4, 0.5) is 11.4 Å². The van der Waals surface area contributed by atoms with E-state index in [1.54, 1.807) is 0 Å². The van der Waals surface area contributed by atoms with Crippen LogP contribution in [0, 0.1) is 6.92 Å². The van der Waals surface area contributed by atoms with Gasteiger partial charge < -0.3 is 10.6 Å². The number of anilines is 2. The van der Waals surface area contributed by atoms with Crippen molar-refractivity contribution < 1.29 is 0 Å². The Morgan fingerprint density at radius 2 is 1.68 bits per heavy atom. The first-order chi connectivity index (χ1) is 9.24. The van der Waals surface area contributed by atoms with E-state index in [-0.39, 0.29) is 0 Å². The third-order valence-corrected chi connectivity index (χ3v) is 3.36. The fourth-order valence-electron chi connectivity index (χ4n) is 2.30. The Kier molecular flexibility index (Phi) is 2.95. The molecule has 0 unspecified atom stereocenters. The van der Waals surface area contributed by atoms with Crippen LogP contribution in [0.2, 0.25) is 0 Å². The lowest BCUT2D eigenvalue weighted by Gasteiger charge is -2.20. The Balaban J connectivity index is 1.93. The third-order valence-electron chi connectivity index (χ3n) is 3.36. The van der Waals surface area contributed by atoms with E-state index >= 15 is 0 Å². The molecule has 1 aliphatic heterocycles. The highest BCUT2D eigenvalue weighted by molar-refractivity contribution is 6.11. The van der Waals surface area contributed by atoms with E-state index < -0.39 is 0 Å². The van der Waals surface area contributed by atoms with Crippen molar-refractivity contribution in [1.29, 1.82) is 0 Å². The lowest BCUT2D eigenvalue weighted by molar-refractivity contribution is 1.02. The zero-order valence-electron chi connectivity index (χ0n) is 11.0. The van der Waals surface area contributed by atoms with Gasteiger partial charge in [0.1, 0.15) is 5.84 Å². The van der Waals surface area contributed by atoms with Gasteiger partial charge in [0.25, 0.3) is 0 Å². The van der Waals surface area contributed by atoms with E-state index in [4.69, 9.17) is 5.73 Å². The molecule has 2 aromatic carbocycles. The Hall–Kier alpha value is -2.29. The van der Waals surface area contributed by atoms with Crippen LogP contribution in [0.3, 0.4) is 0 Å². The van der Waals surface area contributed by atoms with Gasteiger partial charge in [0.2, 0.25) is 0 Å². The van der Waals surface area contributed by atoms with Gasteiger partial charge in [-0.3, -0.25) is 4.99 Å². The summed E-state index contributed by atoms with van der Waals surface area (Å²) in [5, 5.41) is 0. The average molecular weight is 251 g/mol. The van der Waals surface area contributed by atoms with Gasteiger partial charge >= 0.3 is 0 Å². The number of aryl methyl sites for hydroxylation is 1. The summed E-state index contributed by atoms with van der Waals surface area (Å²) in [6.45, 7) is 3.86. The van der Waals surface area contributed by atoms with Crippen molar-refractivity contribution in [3.63, 3.8) is 0 Å². The van der Waals surface area contributed by atoms with Crippen molar-refractivity contribution in [2.75, 3.05) is 23.7 Å². The molecular weight excluding hydrogens is 234 g/mol. The second kappa shape index (κ2) is 4.76. The van der Waals surface area contributed by atoms with Gasteiger partial charge in [-0.2, -0.15) is 0 Å². The number of aliphatic imine (C=N–C) groups is 1. The molecule has 0 aromatic heterocycles. The zero-order chi connectivity index (χ0) is 13.2. The van der Waals surface area contributed by atoms with E-state index in [0.717, 1.165) is 30.3 Å². The normalized spacial score (nSPS) is 14.6. The van der Waals surface area contributed by atoms with Crippen molar-refractivity contribution in [3.05, 3.63) is 59.7 Å². The molecule has 0 atom stereocenters. The number of benzene rings is 2. The first-order valence-electron chi connectivity index (χ1n) is 6.48. The minimum absolute atomic E-state index is 0.789. The molecular formula is C16H17N3. The Morgan fingerprint density at radius 3 is 2.37 bits per heavy atom. The van der Waals surface area contributed by atoms with Gasteiger partial charge in [-0.05, 0) is 31.2 Å². The molecule has 0 amide bonds. The molecule has 0 radical (unpaired) electrons. The maximum atomic E-state index is 5.74. The number of amidine groups is 1. The quantitative estimate of drug-likeness (QED) is 0.834. The van der Waals surface area contributed by atoms with Crippen LogP contribution in [0.15, 0.2) is 53.5 Å². The highest BCUT2D eigenvalue weighted by Crippen LogP contribution is 2.22. The molecule has 1 heterocycles. The molecule has 0 saturated carbocycles. The second-order valence-corrected chi connectivity index (χ2v) is 4.81. The SMILES string of the molecule is Cc1ccc(C2=NCCN2c2ccc(N)cc2)cc1. The van der Waals surface area contributed by atoms with Crippen LogP contribution >= 0.6 is 0 Å². The predicted octanol–water partition coefficient (Wildman–Crippen LogP) is 2.84. The Labute approximate surface area is 113 Å². The Bertz CT molecular complexity index is 597. The van der Waals surface area contributed by atoms with Crippen molar-refractivity contribution in [1.82, 2.24) is 0 Å². The molecule has 19 heavy (non-hydrogen) atoms. The van der Waals surface area contributed by atoms with Crippen molar-refractivity contribution in [2.24, 2.45) is 4.99 Å². The van der Waals surface area contributed by atoms with Crippen LogP contribution in [-0.2, 0) is 0 Å². The number of nitrogen functional groups attached to an aromatic ring is 1. The number of nitrogens with zero attached hydrogens (tertiary/aromatic N) is 2. The highest BCUT2D eigenvalue weighted by Gasteiger charge is 2.19. The third kappa shape index (κ3) is 2.32. The topological polar surface area (TPSA) is 41.6 Å². The summed E-state index contributed by atoms with van der Waals surface area (Å²) in [6, 6.07) is 16.5. The largest absolute Gasteiger partial charge is 0.399 e. The Morgan fingerprint density at radius 1 is 1.00 bits per heavy atom. The van der Waals surface area contributed by atoms with Gasteiger partial charge in [-0.25, -0.2) is 0 Å². The summed E-state index contributed by atoms with van der Waals surface area (Å²) in [5.41, 5.74) is 10.1. The average Bonchev–Trinajstić information content (AvgIpc) is 2.90. The molecule has 3 heteroatoms. The lowest BCUT2D eigenvalue weighted by atomic mass is 10.1. The van der Waals surface area contributed by atoms with Crippen molar-refractivity contribution in [3.8, 4) is 0 Å². The molecule has 1 aliphatic rings. The minimum Gasteiger partial charge on any atom is -0.399 e. The molecule has 0 saturated heterocycles. The lowest BCUT2D eigenvalue weighted by Crippen LogP contribution is -2.28. The summed E-state index contributed by atoms with van der Waals surface area (Å²) in [7, 11) is 0. The molecule has 0 spiro atoms. The van der Waals surface area contributed by atoms with Crippen LogP contribution in [0.25, 0.3) is 0 Å². The zero-order valence-corrected chi connectivity index (χ0v) is 11.0. The first kappa shape index (κ1) is 11.8. The number of hydrogen-bond donors (Lipinski definition) is 1. The van der Waals surface area contributed by atoms with Gasteiger partial charge in [0, 0.05) is 23.5 Å². The van der Waals surface area contributed by atoms with E-state index in [0.29, 0.717) is 0 Å². The van der Waals surface area contributed by atoms with E-state index in [9.17, 15) is 0 Å². The summed E-state index contributed by atoms with van der Waals surface area (Å²) >= 11 is 0. The fourth-order valence-corrected chi connectivity index (χ4v) is 2.30. The smallest absolute Gasteiger partial charge is 0.135 e. The number of hydrogen-bond acceptors (Lipinski definition) is 3. The second-order valence-electron chi connectivity index (χ2n) is 4.81. The van der Waals surface area contributed by atoms with Crippen LogP contribution in [-0.4, -0.2) is 18.9 Å². The van der Waals surface area contributed by atoms with E-state index in [2.05, 4.69) is 41.1 Å². The highest BCUT2D eigenvalue weighted by atomic mass is 15.2. The summed E-state index contributed by atoms with van der Waals surface area (Å²) in [5.74, 6) is 1.05. The van der Waals surface area contributed by atoms with Gasteiger partial charge in [0.05, 0.1) is 6.54 Å². The predicted molar refractivity (Wildman–Crippen MR) is 80.8 cm³/mol. The summed E-state index contributed by atoms with van der Waals surface area (Å²) in [6.07, 6.45) is 0. The van der Waals surface area contributed by atoms with Crippen LogP contribution in [0.5, 0.6) is 0 Å². The maximum Gasteiger partial charge on any atom is 0.135 e. The standard InChI is InChI=1S/C16H17N3/c1-12-2-4-13(5-3-12)16-18-10-11-19(16)15-8-6-14(17)7-9-15/h2-9H,10-11,17H2,1H3. The molecule has 2 N–H and O–H groups in total. The molecule has 96 valence electrons. The monoisotopic (exact) mass is 251 g/mol. The van der Waals surface area contributed by atoms with E-state index in [1.165, 1.54) is 11.1 Å².